The fourth-order valence-electron chi connectivity index (χ4n) is 4.97. The minimum Gasteiger partial charge on any atom is -0.495 e. The van der Waals surface area contributed by atoms with Gasteiger partial charge in [0.05, 0.1) is 24.6 Å². The number of carbonyl (C=O) groups excluding carboxylic acids is 3. The number of carbonyl (C=O) groups is 3. The zero-order valence-electron chi connectivity index (χ0n) is 15.4. The molecule has 0 aliphatic carbocycles. The molecular weight excluding hydrogens is 358 g/mol. The predicted molar refractivity (Wildman–Crippen MR) is 102 cm³/mol. The standard InChI is InChI=1S/C21H19N3O4/c1-11-16-17(21(23-11)12-7-3-4-8-13(12)22-20(21)27)19(26)24(18(16)25)14-9-5-6-10-15(14)28-2/h3-11,16-17,23H,1-2H3,(H,22,27)/t11-,16+,17-,21-/m0/s1. The maximum absolute atomic E-state index is 13.6. The first-order valence-electron chi connectivity index (χ1n) is 9.20. The second-order valence-electron chi connectivity index (χ2n) is 7.43. The van der Waals surface area contributed by atoms with Crippen LogP contribution in [0.5, 0.6) is 5.75 Å². The van der Waals surface area contributed by atoms with E-state index >= 15 is 0 Å². The van der Waals surface area contributed by atoms with E-state index in [0.29, 0.717) is 22.7 Å². The SMILES string of the molecule is COc1ccccc1N1C(=O)[C@@H]2[C@H](C)N[C@]3(C(=O)Nc4ccccc43)[C@@H]2C1=O. The molecule has 2 fully saturated rings. The summed E-state index contributed by atoms with van der Waals surface area (Å²) < 4.78 is 5.36. The second-order valence-corrected chi connectivity index (χ2v) is 7.43. The molecule has 0 bridgehead atoms. The number of anilines is 2. The summed E-state index contributed by atoms with van der Waals surface area (Å²) in [5, 5.41) is 6.15. The monoisotopic (exact) mass is 377 g/mol. The van der Waals surface area contributed by atoms with Crippen molar-refractivity contribution in [3.63, 3.8) is 0 Å². The number of imide groups is 1. The van der Waals surface area contributed by atoms with Crippen LogP contribution in [0.2, 0.25) is 0 Å². The number of para-hydroxylation sites is 3. The molecule has 7 heteroatoms. The average molecular weight is 377 g/mol. The Morgan fingerprint density at radius 3 is 2.50 bits per heavy atom. The molecule has 3 aliphatic heterocycles. The van der Waals surface area contributed by atoms with Crippen LogP contribution in [-0.4, -0.2) is 30.9 Å². The summed E-state index contributed by atoms with van der Waals surface area (Å²) in [6.45, 7) is 1.84. The van der Waals surface area contributed by atoms with Crippen LogP contribution in [0, 0.1) is 11.8 Å². The van der Waals surface area contributed by atoms with Crippen molar-refractivity contribution in [1.29, 1.82) is 0 Å². The van der Waals surface area contributed by atoms with Crippen molar-refractivity contribution in [2.45, 2.75) is 18.5 Å². The van der Waals surface area contributed by atoms with Crippen LogP contribution in [0.4, 0.5) is 11.4 Å². The third-order valence-electron chi connectivity index (χ3n) is 6.10. The number of fused-ring (bicyclic) bond motifs is 4. The molecule has 0 unspecified atom stereocenters. The van der Waals surface area contributed by atoms with Crippen molar-refractivity contribution in [2.75, 3.05) is 17.3 Å². The van der Waals surface area contributed by atoms with E-state index in [4.69, 9.17) is 4.74 Å². The van der Waals surface area contributed by atoms with Gasteiger partial charge in [-0.2, -0.15) is 0 Å². The van der Waals surface area contributed by atoms with Gasteiger partial charge in [-0.1, -0.05) is 30.3 Å². The van der Waals surface area contributed by atoms with Gasteiger partial charge in [-0.15, -0.1) is 0 Å². The largest absolute Gasteiger partial charge is 0.495 e. The molecule has 142 valence electrons. The van der Waals surface area contributed by atoms with Crippen molar-refractivity contribution >= 4 is 29.1 Å². The zero-order chi connectivity index (χ0) is 19.6. The van der Waals surface area contributed by atoms with Gasteiger partial charge >= 0.3 is 0 Å². The molecular formula is C21H19N3O4. The normalized spacial score (nSPS) is 30.6. The van der Waals surface area contributed by atoms with E-state index in [0.717, 1.165) is 0 Å². The second kappa shape index (κ2) is 5.65. The van der Waals surface area contributed by atoms with Gasteiger partial charge in [0.2, 0.25) is 17.7 Å². The number of nitrogens with zero attached hydrogens (tertiary/aromatic N) is 1. The number of amides is 3. The fourth-order valence-corrected chi connectivity index (χ4v) is 4.97. The van der Waals surface area contributed by atoms with Crippen molar-refractivity contribution in [2.24, 2.45) is 11.8 Å². The molecule has 2 N–H and O–H groups in total. The first-order chi connectivity index (χ1) is 13.5. The lowest BCUT2D eigenvalue weighted by molar-refractivity contribution is -0.130. The van der Waals surface area contributed by atoms with Crippen molar-refractivity contribution < 1.29 is 19.1 Å². The van der Waals surface area contributed by atoms with Gasteiger partial charge in [0, 0.05) is 17.3 Å². The number of ether oxygens (including phenoxy) is 1. The molecule has 28 heavy (non-hydrogen) atoms. The lowest BCUT2D eigenvalue weighted by atomic mass is 9.76. The molecule has 1 spiro atoms. The number of benzene rings is 2. The first-order valence-corrected chi connectivity index (χ1v) is 9.20. The van der Waals surface area contributed by atoms with Gasteiger partial charge in [0.15, 0.2) is 0 Å². The Bertz CT molecular complexity index is 1040. The van der Waals surface area contributed by atoms with Crippen molar-refractivity contribution in [1.82, 2.24) is 5.32 Å². The summed E-state index contributed by atoms with van der Waals surface area (Å²) >= 11 is 0. The first kappa shape index (κ1) is 16.9. The summed E-state index contributed by atoms with van der Waals surface area (Å²) in [4.78, 5) is 41.1. The zero-order valence-corrected chi connectivity index (χ0v) is 15.4. The Hall–Kier alpha value is -3.19. The van der Waals surface area contributed by atoms with Crippen molar-refractivity contribution in [3.8, 4) is 5.75 Å². The number of rotatable bonds is 2. The van der Waals surface area contributed by atoms with Gasteiger partial charge < -0.3 is 10.1 Å². The summed E-state index contributed by atoms with van der Waals surface area (Å²) in [5.41, 5.74) is 0.541. The Morgan fingerprint density at radius 2 is 1.71 bits per heavy atom. The molecule has 0 radical (unpaired) electrons. The highest BCUT2D eigenvalue weighted by Gasteiger charge is 2.70. The highest BCUT2D eigenvalue weighted by Crippen LogP contribution is 2.53. The third kappa shape index (κ3) is 1.89. The Morgan fingerprint density at radius 1 is 1.00 bits per heavy atom. The summed E-state index contributed by atoms with van der Waals surface area (Å²) in [7, 11) is 1.50. The molecule has 7 nitrogen and oxygen atoms in total. The molecule has 3 aliphatic rings. The highest BCUT2D eigenvalue weighted by atomic mass is 16.5. The van der Waals surface area contributed by atoms with Crippen LogP contribution in [0.25, 0.3) is 0 Å². The lowest BCUT2D eigenvalue weighted by Gasteiger charge is -2.29. The predicted octanol–water partition coefficient (Wildman–Crippen LogP) is 1.64. The van der Waals surface area contributed by atoms with E-state index in [9.17, 15) is 14.4 Å². The molecule has 5 rings (SSSR count). The van der Waals surface area contributed by atoms with E-state index in [2.05, 4.69) is 10.6 Å². The summed E-state index contributed by atoms with van der Waals surface area (Å²) in [6.07, 6.45) is 0. The van der Waals surface area contributed by atoms with E-state index < -0.39 is 17.4 Å². The van der Waals surface area contributed by atoms with Crippen LogP contribution in [0.15, 0.2) is 48.5 Å². The minimum atomic E-state index is -1.25. The van der Waals surface area contributed by atoms with E-state index in [1.807, 2.05) is 25.1 Å². The minimum absolute atomic E-state index is 0.295. The van der Waals surface area contributed by atoms with E-state index in [-0.39, 0.29) is 23.8 Å². The summed E-state index contributed by atoms with van der Waals surface area (Å²) in [6, 6.07) is 13.9. The maximum Gasteiger partial charge on any atom is 0.250 e. The molecule has 2 aromatic rings. The van der Waals surface area contributed by atoms with Crippen LogP contribution >= 0.6 is 0 Å². The van der Waals surface area contributed by atoms with Gasteiger partial charge in [-0.05, 0) is 25.1 Å². The molecule has 0 saturated carbocycles. The van der Waals surface area contributed by atoms with Crippen molar-refractivity contribution in [3.05, 3.63) is 54.1 Å². The maximum atomic E-state index is 13.6. The molecule has 0 aromatic heterocycles. The number of hydrogen-bond acceptors (Lipinski definition) is 5. The van der Waals surface area contributed by atoms with E-state index in [1.54, 1.807) is 30.3 Å². The van der Waals surface area contributed by atoms with Crippen LogP contribution < -0.4 is 20.3 Å². The Kier molecular flexibility index (Phi) is 3.42. The fraction of sp³-hybridized carbons (Fsp3) is 0.286. The Labute approximate surface area is 161 Å². The molecule has 3 amide bonds. The summed E-state index contributed by atoms with van der Waals surface area (Å²) in [5.74, 6) is -2.00. The molecule has 4 atom stereocenters. The molecule has 3 heterocycles. The average Bonchev–Trinajstić information content (AvgIpc) is 3.26. The smallest absolute Gasteiger partial charge is 0.250 e. The van der Waals surface area contributed by atoms with Gasteiger partial charge in [0.1, 0.15) is 11.3 Å². The third-order valence-corrected chi connectivity index (χ3v) is 6.10. The quantitative estimate of drug-likeness (QED) is 0.777. The number of nitrogens with one attached hydrogen (secondary N) is 2. The number of methoxy groups -OCH3 is 1. The lowest BCUT2D eigenvalue weighted by Crippen LogP contribution is -2.53. The van der Waals surface area contributed by atoms with Crippen LogP contribution in [0.1, 0.15) is 12.5 Å². The molecule has 2 saturated heterocycles. The molecule has 2 aromatic carbocycles. The van der Waals surface area contributed by atoms with E-state index in [1.165, 1.54) is 12.0 Å². The van der Waals surface area contributed by atoms with Crippen LogP contribution in [-0.2, 0) is 19.9 Å². The number of hydrogen-bond donors (Lipinski definition) is 2. The van der Waals surface area contributed by atoms with Gasteiger partial charge in [-0.3, -0.25) is 19.7 Å². The topological polar surface area (TPSA) is 87.7 Å². The van der Waals surface area contributed by atoms with Gasteiger partial charge in [-0.25, -0.2) is 4.90 Å². The van der Waals surface area contributed by atoms with Gasteiger partial charge in [0.25, 0.3) is 0 Å². The van der Waals surface area contributed by atoms with Crippen LogP contribution in [0.3, 0.4) is 0 Å². The highest BCUT2D eigenvalue weighted by molar-refractivity contribution is 6.26. The Balaban J connectivity index is 1.68.